The second-order valence-corrected chi connectivity index (χ2v) is 6.43. The number of benzene rings is 2. The number of carbonyl (C=O) groups is 1. The lowest BCUT2D eigenvalue weighted by Crippen LogP contribution is -2.23. The summed E-state index contributed by atoms with van der Waals surface area (Å²) in [4.78, 5) is 12.6. The topological polar surface area (TPSA) is 145 Å². The molecule has 0 saturated heterocycles. The van der Waals surface area contributed by atoms with E-state index in [0.717, 1.165) is 17.0 Å². The van der Waals surface area contributed by atoms with Gasteiger partial charge in [0.25, 0.3) is 5.91 Å². The van der Waals surface area contributed by atoms with Crippen molar-refractivity contribution in [2.75, 3.05) is 12.8 Å². The van der Waals surface area contributed by atoms with Crippen molar-refractivity contribution in [1.82, 2.24) is 25.7 Å². The van der Waals surface area contributed by atoms with Crippen LogP contribution in [0.15, 0.2) is 36.5 Å². The summed E-state index contributed by atoms with van der Waals surface area (Å²) < 4.78 is 18.7. The number of rotatable bonds is 5. The zero-order valence-electron chi connectivity index (χ0n) is 15.8. The number of aromatic amines is 2. The van der Waals surface area contributed by atoms with Gasteiger partial charge in [0.15, 0.2) is 5.82 Å². The molecular formula is C20H16FN7O2. The maximum absolute atomic E-state index is 13.6. The Balaban J connectivity index is 1.64. The fourth-order valence-electron chi connectivity index (χ4n) is 3.25. The van der Waals surface area contributed by atoms with E-state index in [1.165, 1.54) is 19.2 Å². The molecule has 0 unspecified atom stereocenters. The van der Waals surface area contributed by atoms with Gasteiger partial charge in [-0.3, -0.25) is 15.0 Å². The SMILES string of the molecule is COc1ccc(F)cc1C(=O)NCc1ccc(-c2[nH]nc(N)c2C#N)c2cn[nH]c12. The molecule has 30 heavy (non-hydrogen) atoms. The van der Waals surface area contributed by atoms with Crippen molar-refractivity contribution in [3.05, 3.63) is 59.0 Å². The highest BCUT2D eigenvalue weighted by atomic mass is 19.1. The van der Waals surface area contributed by atoms with Crippen LogP contribution in [0.2, 0.25) is 0 Å². The van der Waals surface area contributed by atoms with E-state index in [1.807, 2.05) is 6.07 Å². The van der Waals surface area contributed by atoms with Gasteiger partial charge >= 0.3 is 0 Å². The number of carbonyl (C=O) groups excluding carboxylic acids is 1. The summed E-state index contributed by atoms with van der Waals surface area (Å²) in [6.07, 6.45) is 1.61. The highest BCUT2D eigenvalue weighted by Crippen LogP contribution is 2.32. The number of nitriles is 1. The monoisotopic (exact) mass is 405 g/mol. The molecule has 9 nitrogen and oxygen atoms in total. The predicted molar refractivity (Wildman–Crippen MR) is 107 cm³/mol. The van der Waals surface area contributed by atoms with Crippen LogP contribution in [0.25, 0.3) is 22.2 Å². The number of methoxy groups -OCH3 is 1. The molecule has 2 aromatic carbocycles. The van der Waals surface area contributed by atoms with Gasteiger partial charge in [-0.2, -0.15) is 15.5 Å². The summed E-state index contributed by atoms with van der Waals surface area (Å²) in [7, 11) is 1.41. The lowest BCUT2D eigenvalue weighted by Gasteiger charge is -2.11. The maximum Gasteiger partial charge on any atom is 0.255 e. The number of hydrogen-bond donors (Lipinski definition) is 4. The van der Waals surface area contributed by atoms with Gasteiger partial charge in [0.2, 0.25) is 0 Å². The van der Waals surface area contributed by atoms with E-state index in [4.69, 9.17) is 10.5 Å². The Bertz CT molecular complexity index is 1300. The van der Waals surface area contributed by atoms with Crippen molar-refractivity contribution in [2.45, 2.75) is 6.54 Å². The lowest BCUT2D eigenvalue weighted by atomic mass is 10.0. The second kappa shape index (κ2) is 7.56. The third-order valence-electron chi connectivity index (χ3n) is 4.72. The Kier molecular flexibility index (Phi) is 4.77. The molecule has 1 amide bonds. The van der Waals surface area contributed by atoms with Crippen LogP contribution in [-0.2, 0) is 6.54 Å². The molecule has 4 aromatic rings. The molecule has 0 aliphatic rings. The van der Waals surface area contributed by atoms with Gasteiger partial charge in [-0.25, -0.2) is 4.39 Å². The van der Waals surface area contributed by atoms with Crippen LogP contribution >= 0.6 is 0 Å². The number of nitrogen functional groups attached to an aromatic ring is 1. The van der Waals surface area contributed by atoms with Crippen LogP contribution in [-0.4, -0.2) is 33.4 Å². The van der Waals surface area contributed by atoms with Crippen LogP contribution in [0.1, 0.15) is 21.5 Å². The van der Waals surface area contributed by atoms with Crippen LogP contribution in [0.4, 0.5) is 10.2 Å². The third-order valence-corrected chi connectivity index (χ3v) is 4.72. The molecule has 5 N–H and O–H groups in total. The smallest absolute Gasteiger partial charge is 0.255 e. The van der Waals surface area contributed by atoms with Crippen molar-refractivity contribution >= 4 is 22.6 Å². The minimum atomic E-state index is -0.534. The summed E-state index contributed by atoms with van der Waals surface area (Å²) in [6.45, 7) is 0.160. The maximum atomic E-state index is 13.6. The predicted octanol–water partition coefficient (Wildman–Crippen LogP) is 2.48. The fourth-order valence-corrected chi connectivity index (χ4v) is 3.25. The molecule has 0 atom stereocenters. The van der Waals surface area contributed by atoms with E-state index >= 15 is 0 Å². The highest BCUT2D eigenvalue weighted by Gasteiger charge is 2.18. The number of anilines is 1. The molecule has 0 aliphatic carbocycles. The largest absolute Gasteiger partial charge is 0.496 e. The number of amides is 1. The first-order valence-electron chi connectivity index (χ1n) is 8.84. The summed E-state index contributed by atoms with van der Waals surface area (Å²) in [5, 5.41) is 26.5. The molecule has 10 heteroatoms. The summed E-state index contributed by atoms with van der Waals surface area (Å²) >= 11 is 0. The van der Waals surface area contributed by atoms with E-state index in [0.29, 0.717) is 16.8 Å². The van der Waals surface area contributed by atoms with E-state index in [1.54, 1.807) is 18.3 Å². The molecular weight excluding hydrogens is 389 g/mol. The highest BCUT2D eigenvalue weighted by molar-refractivity contribution is 5.99. The van der Waals surface area contributed by atoms with Crippen molar-refractivity contribution in [1.29, 1.82) is 5.26 Å². The molecule has 150 valence electrons. The van der Waals surface area contributed by atoms with Crippen molar-refractivity contribution in [3.63, 3.8) is 0 Å². The minimum Gasteiger partial charge on any atom is -0.496 e. The molecule has 0 fully saturated rings. The Morgan fingerprint density at radius 3 is 2.93 bits per heavy atom. The zero-order valence-corrected chi connectivity index (χ0v) is 15.8. The van der Waals surface area contributed by atoms with Crippen molar-refractivity contribution in [2.24, 2.45) is 0 Å². The molecule has 0 saturated carbocycles. The van der Waals surface area contributed by atoms with Crippen LogP contribution < -0.4 is 15.8 Å². The van der Waals surface area contributed by atoms with Crippen LogP contribution in [0.3, 0.4) is 0 Å². The number of fused-ring (bicyclic) bond motifs is 1. The Labute approximate surface area is 169 Å². The number of hydrogen-bond acceptors (Lipinski definition) is 6. The molecule has 2 heterocycles. The Morgan fingerprint density at radius 1 is 1.33 bits per heavy atom. The van der Waals surface area contributed by atoms with E-state index < -0.39 is 11.7 Å². The number of aromatic nitrogens is 4. The molecule has 2 aromatic heterocycles. The second-order valence-electron chi connectivity index (χ2n) is 6.43. The number of nitrogens with one attached hydrogen (secondary N) is 3. The zero-order chi connectivity index (χ0) is 21.3. The average Bonchev–Trinajstić information content (AvgIpc) is 3.38. The first kappa shape index (κ1) is 18.9. The Hall–Kier alpha value is -4.39. The molecule has 0 aliphatic heterocycles. The molecule has 4 rings (SSSR count). The fraction of sp³-hybridized carbons (Fsp3) is 0.100. The quantitative estimate of drug-likeness (QED) is 0.401. The van der Waals surface area contributed by atoms with E-state index in [9.17, 15) is 14.4 Å². The van der Waals surface area contributed by atoms with Crippen molar-refractivity contribution in [3.8, 4) is 23.1 Å². The van der Waals surface area contributed by atoms with Gasteiger partial charge < -0.3 is 15.8 Å². The lowest BCUT2D eigenvalue weighted by molar-refractivity contribution is 0.0947. The third kappa shape index (κ3) is 3.18. The normalized spacial score (nSPS) is 10.7. The summed E-state index contributed by atoms with van der Waals surface area (Å²) in [5.74, 6) is -0.620. The van der Waals surface area contributed by atoms with Gasteiger partial charge in [0.1, 0.15) is 23.2 Å². The molecule has 0 spiro atoms. The standard InChI is InChI=1S/C20H16FN7O2/c1-30-16-5-3-11(21)6-13(16)20(29)24-8-10-2-4-12(15-9-25-26-17(10)15)18-14(7-22)19(23)28-27-18/h2-6,9H,8H2,1H3,(H,24,29)(H,25,26)(H3,23,27,28). The number of ether oxygens (including phenoxy) is 1. The average molecular weight is 405 g/mol. The minimum absolute atomic E-state index is 0.0987. The summed E-state index contributed by atoms with van der Waals surface area (Å²) in [6, 6.07) is 9.36. The number of H-pyrrole nitrogens is 2. The van der Waals surface area contributed by atoms with Gasteiger partial charge in [-0.1, -0.05) is 12.1 Å². The van der Waals surface area contributed by atoms with Gasteiger partial charge in [0.05, 0.1) is 30.1 Å². The number of halogens is 1. The first-order chi connectivity index (χ1) is 14.5. The van der Waals surface area contributed by atoms with E-state index in [-0.39, 0.29) is 29.2 Å². The van der Waals surface area contributed by atoms with Crippen LogP contribution in [0, 0.1) is 17.1 Å². The van der Waals surface area contributed by atoms with Gasteiger partial charge in [-0.15, -0.1) is 0 Å². The Morgan fingerprint density at radius 2 is 2.17 bits per heavy atom. The van der Waals surface area contributed by atoms with Gasteiger partial charge in [-0.05, 0) is 23.8 Å². The number of nitrogens with two attached hydrogens (primary N) is 1. The van der Waals surface area contributed by atoms with Crippen molar-refractivity contribution < 1.29 is 13.9 Å². The number of nitrogens with zero attached hydrogens (tertiary/aromatic N) is 3. The molecule has 0 radical (unpaired) electrons. The summed E-state index contributed by atoms with van der Waals surface area (Å²) in [5.41, 5.74) is 8.69. The van der Waals surface area contributed by atoms with E-state index in [2.05, 4.69) is 25.7 Å². The first-order valence-corrected chi connectivity index (χ1v) is 8.84. The van der Waals surface area contributed by atoms with Crippen LogP contribution in [0.5, 0.6) is 5.75 Å². The van der Waals surface area contributed by atoms with Gasteiger partial charge in [0, 0.05) is 17.5 Å². The molecule has 0 bridgehead atoms.